The zero-order valence-electron chi connectivity index (χ0n) is 10.3. The lowest BCUT2D eigenvalue weighted by Crippen LogP contribution is -2.15. The van der Waals surface area contributed by atoms with E-state index in [0.29, 0.717) is 0 Å². The number of allylic oxidation sites excluding steroid dienone is 2. The molecule has 1 aliphatic carbocycles. The van der Waals surface area contributed by atoms with Gasteiger partial charge in [-0.3, -0.25) is 0 Å². The molecule has 0 bridgehead atoms. The van der Waals surface area contributed by atoms with Gasteiger partial charge in [0.2, 0.25) is 0 Å². The van der Waals surface area contributed by atoms with Gasteiger partial charge in [0, 0.05) is 0 Å². The second-order valence-corrected chi connectivity index (χ2v) is 4.93. The molecule has 4 unspecified atom stereocenters. The van der Waals surface area contributed by atoms with Crippen LogP contribution in [0.15, 0.2) is 12.2 Å². The van der Waals surface area contributed by atoms with E-state index in [1.807, 2.05) is 0 Å². The van der Waals surface area contributed by atoms with Gasteiger partial charge in [0.05, 0.1) is 0 Å². The van der Waals surface area contributed by atoms with Gasteiger partial charge in [-0.15, -0.1) is 0 Å². The minimum atomic E-state index is 0.875. The van der Waals surface area contributed by atoms with Gasteiger partial charge >= 0.3 is 0 Å². The van der Waals surface area contributed by atoms with Crippen LogP contribution in [0.1, 0.15) is 53.4 Å². The van der Waals surface area contributed by atoms with Crippen molar-refractivity contribution in [2.24, 2.45) is 23.7 Å². The molecule has 0 N–H and O–H groups in total. The Morgan fingerprint density at radius 2 is 1.93 bits per heavy atom. The highest BCUT2D eigenvalue weighted by Crippen LogP contribution is 2.45. The van der Waals surface area contributed by atoms with Gasteiger partial charge in [-0.1, -0.05) is 45.8 Å². The van der Waals surface area contributed by atoms with E-state index in [1.165, 1.54) is 25.7 Å². The zero-order valence-corrected chi connectivity index (χ0v) is 10.3. The Hall–Kier alpha value is -0.260. The van der Waals surface area contributed by atoms with Crippen molar-refractivity contribution in [2.45, 2.75) is 53.4 Å². The Balaban J connectivity index is 2.68. The third-order valence-electron chi connectivity index (χ3n) is 4.01. The molecule has 0 heteroatoms. The minimum Gasteiger partial charge on any atom is -0.0914 e. The molecule has 1 saturated carbocycles. The van der Waals surface area contributed by atoms with Crippen LogP contribution in [0, 0.1) is 23.7 Å². The second kappa shape index (κ2) is 5.58. The van der Waals surface area contributed by atoms with Crippen molar-refractivity contribution in [3.05, 3.63) is 12.2 Å². The summed E-state index contributed by atoms with van der Waals surface area (Å²) in [5.41, 5.74) is 0. The van der Waals surface area contributed by atoms with Crippen LogP contribution in [0.3, 0.4) is 0 Å². The molecule has 0 aromatic rings. The lowest BCUT2D eigenvalue weighted by molar-refractivity contribution is 0.282. The fourth-order valence-corrected chi connectivity index (χ4v) is 3.45. The van der Waals surface area contributed by atoms with E-state index < -0.39 is 0 Å². The van der Waals surface area contributed by atoms with Crippen molar-refractivity contribution < 1.29 is 0 Å². The molecule has 14 heavy (non-hydrogen) atoms. The van der Waals surface area contributed by atoms with E-state index in [-0.39, 0.29) is 0 Å². The molecule has 0 nitrogen and oxygen atoms in total. The molecule has 0 heterocycles. The largest absolute Gasteiger partial charge is 0.0914 e. The Bertz CT molecular complexity index is 180. The van der Waals surface area contributed by atoms with Gasteiger partial charge in [0.1, 0.15) is 0 Å². The molecule has 0 aromatic carbocycles. The van der Waals surface area contributed by atoms with Crippen LogP contribution >= 0.6 is 0 Å². The smallest absolute Gasteiger partial charge is 0.0200 e. The van der Waals surface area contributed by atoms with Crippen LogP contribution < -0.4 is 0 Å². The molecule has 0 radical (unpaired) electrons. The number of hydrogen-bond acceptors (Lipinski definition) is 0. The van der Waals surface area contributed by atoms with Crippen molar-refractivity contribution in [3.63, 3.8) is 0 Å². The molecule has 4 atom stereocenters. The van der Waals surface area contributed by atoms with E-state index in [1.54, 1.807) is 0 Å². The lowest BCUT2D eigenvalue weighted by atomic mass is 9.82. The summed E-state index contributed by atoms with van der Waals surface area (Å²) in [5, 5.41) is 0. The predicted molar refractivity (Wildman–Crippen MR) is 64.3 cm³/mol. The van der Waals surface area contributed by atoms with Crippen LogP contribution in [0.2, 0.25) is 0 Å². The third kappa shape index (κ3) is 2.40. The van der Waals surface area contributed by atoms with Crippen molar-refractivity contribution in [1.82, 2.24) is 0 Å². The molecule has 1 rings (SSSR count). The summed E-state index contributed by atoms with van der Waals surface area (Å²) in [6.45, 7) is 9.29. The maximum atomic E-state index is 2.45. The number of hydrogen-bond donors (Lipinski definition) is 0. The average Bonchev–Trinajstić information content (AvgIpc) is 2.44. The van der Waals surface area contributed by atoms with Crippen LogP contribution in [0.4, 0.5) is 0 Å². The first-order valence-electron chi connectivity index (χ1n) is 6.37. The fraction of sp³-hybridized carbons (Fsp3) is 0.857. The topological polar surface area (TPSA) is 0 Å². The van der Waals surface area contributed by atoms with Gasteiger partial charge in [0.15, 0.2) is 0 Å². The standard InChI is InChI=1S/C14H26/c1-5-8-12-10-11(4)13(7-3)14(12)9-6-2/h5,8,11-14H,6-7,9-10H2,1-4H3/b8-5+. The average molecular weight is 194 g/mol. The SMILES string of the molecule is C/C=C/C1CC(C)C(CC)C1CCC. The normalized spacial score (nSPS) is 38.3. The van der Waals surface area contributed by atoms with E-state index in [4.69, 9.17) is 0 Å². The maximum Gasteiger partial charge on any atom is -0.0200 e. The molecule has 1 aliphatic rings. The van der Waals surface area contributed by atoms with Crippen molar-refractivity contribution in [3.8, 4) is 0 Å². The summed E-state index contributed by atoms with van der Waals surface area (Å²) in [4.78, 5) is 0. The molecule has 0 aromatic heterocycles. The van der Waals surface area contributed by atoms with Crippen LogP contribution in [0.5, 0.6) is 0 Å². The van der Waals surface area contributed by atoms with E-state index in [9.17, 15) is 0 Å². The van der Waals surface area contributed by atoms with Crippen LogP contribution in [-0.4, -0.2) is 0 Å². The highest BCUT2D eigenvalue weighted by atomic mass is 14.4. The first kappa shape index (κ1) is 11.8. The molecule has 0 aliphatic heterocycles. The van der Waals surface area contributed by atoms with Gasteiger partial charge in [-0.25, -0.2) is 0 Å². The maximum absolute atomic E-state index is 2.45. The Morgan fingerprint density at radius 3 is 2.43 bits per heavy atom. The molecular formula is C14H26. The van der Waals surface area contributed by atoms with E-state index in [0.717, 1.165) is 23.7 Å². The zero-order chi connectivity index (χ0) is 10.6. The molecule has 0 saturated heterocycles. The van der Waals surface area contributed by atoms with Gasteiger partial charge in [-0.05, 0) is 43.4 Å². The molecule has 0 spiro atoms. The summed E-state index contributed by atoms with van der Waals surface area (Å²) >= 11 is 0. The summed E-state index contributed by atoms with van der Waals surface area (Å²) in [7, 11) is 0. The third-order valence-corrected chi connectivity index (χ3v) is 4.01. The lowest BCUT2D eigenvalue weighted by Gasteiger charge is -2.23. The monoisotopic (exact) mass is 194 g/mol. The quantitative estimate of drug-likeness (QED) is 0.571. The van der Waals surface area contributed by atoms with Crippen molar-refractivity contribution in [2.75, 3.05) is 0 Å². The number of rotatable bonds is 4. The van der Waals surface area contributed by atoms with E-state index in [2.05, 4.69) is 39.8 Å². The molecular weight excluding hydrogens is 168 g/mol. The first-order valence-corrected chi connectivity index (χ1v) is 6.37. The summed E-state index contributed by atoms with van der Waals surface area (Å²) < 4.78 is 0. The Labute approximate surface area is 89.8 Å². The van der Waals surface area contributed by atoms with Gasteiger partial charge in [-0.2, -0.15) is 0 Å². The highest BCUT2D eigenvalue weighted by Gasteiger charge is 2.37. The highest BCUT2D eigenvalue weighted by molar-refractivity contribution is 4.98. The Kier molecular flexibility index (Phi) is 4.71. The molecule has 0 amide bonds. The summed E-state index contributed by atoms with van der Waals surface area (Å²) in [6.07, 6.45) is 10.3. The first-order chi connectivity index (χ1) is 6.74. The Morgan fingerprint density at radius 1 is 1.21 bits per heavy atom. The van der Waals surface area contributed by atoms with E-state index >= 15 is 0 Å². The van der Waals surface area contributed by atoms with Crippen LogP contribution in [-0.2, 0) is 0 Å². The second-order valence-electron chi connectivity index (χ2n) is 4.93. The molecule has 82 valence electrons. The van der Waals surface area contributed by atoms with Crippen LogP contribution in [0.25, 0.3) is 0 Å². The predicted octanol–water partition coefficient (Wildman–Crippen LogP) is 4.66. The summed E-state index contributed by atoms with van der Waals surface area (Å²) in [5.74, 6) is 3.77. The van der Waals surface area contributed by atoms with Crippen molar-refractivity contribution in [1.29, 1.82) is 0 Å². The fourth-order valence-electron chi connectivity index (χ4n) is 3.45. The molecule has 1 fully saturated rings. The minimum absolute atomic E-state index is 0.875. The van der Waals surface area contributed by atoms with Crippen molar-refractivity contribution >= 4 is 0 Å². The van der Waals surface area contributed by atoms with Gasteiger partial charge in [0.25, 0.3) is 0 Å². The summed E-state index contributed by atoms with van der Waals surface area (Å²) in [6, 6.07) is 0. The van der Waals surface area contributed by atoms with Gasteiger partial charge < -0.3 is 0 Å².